The van der Waals surface area contributed by atoms with E-state index < -0.39 is 54.5 Å². The lowest BCUT2D eigenvalue weighted by molar-refractivity contribution is -0.900. The molecule has 0 aromatic carbocycles. The van der Waals surface area contributed by atoms with E-state index in [1.54, 1.807) is 0 Å². The number of nitrogens with zero attached hydrogens (tertiary/aromatic N) is 2. The number of hydrogen-bond donors (Lipinski definition) is 6. The summed E-state index contributed by atoms with van der Waals surface area (Å²) in [6.45, 7) is -2.42. The molecule has 0 aromatic heterocycles. The fourth-order valence-corrected chi connectivity index (χ4v) is 1.78. The molecule has 0 fully saturated rings. The van der Waals surface area contributed by atoms with E-state index in [0.29, 0.717) is 0 Å². The van der Waals surface area contributed by atoms with E-state index in [9.17, 15) is 19.2 Å². The molecule has 0 radical (unpaired) electrons. The third kappa shape index (κ3) is 17.9. The molecule has 12 nitrogen and oxygen atoms in total. The summed E-state index contributed by atoms with van der Waals surface area (Å²) in [5, 5.41) is 42.8. The Bertz CT molecular complexity index is 391. The zero-order valence-electron chi connectivity index (χ0n) is 14.7. The van der Waals surface area contributed by atoms with E-state index in [4.69, 9.17) is 25.5 Å². The minimum absolute atomic E-state index is 0. The molecule has 0 bridgehead atoms. The Morgan fingerprint density at radius 2 is 0.920 bits per heavy atom. The lowest BCUT2D eigenvalue weighted by Gasteiger charge is -2.32. The van der Waals surface area contributed by atoms with E-state index in [0.717, 1.165) is 11.0 Å². The number of carboxylic acids is 4. The standard InChI is InChI=1S/C8H11NO8.C5H14NO.H3N/c10-5(11)1-9(2-6(12)13,3-7(14)15)4-8(16)17;1-6(2,3)4-5-7;/h1-4H2,(H3-,10,11,12,13,14,15,16,17);7H,4-5H2,1-3H3;1H3/q;+1;/p+1. The molecule has 0 unspecified atom stereocenters. The van der Waals surface area contributed by atoms with Gasteiger partial charge in [0, 0.05) is 0 Å². The number of likely N-dealkylation sites (N-methyl/N-ethyl adjacent to an activating group) is 1. The highest BCUT2D eigenvalue weighted by Gasteiger charge is 2.38. The molecule has 0 aromatic rings. The molecule has 0 rings (SSSR count). The monoisotopic (exact) mass is 371 g/mol. The summed E-state index contributed by atoms with van der Waals surface area (Å²) in [5.41, 5.74) is 0. The molecule has 0 spiro atoms. The van der Waals surface area contributed by atoms with Gasteiger partial charge in [0.05, 0.1) is 27.7 Å². The van der Waals surface area contributed by atoms with E-state index in [2.05, 4.69) is 21.1 Å². The van der Waals surface area contributed by atoms with Gasteiger partial charge < -0.3 is 36.2 Å². The second-order valence-electron chi connectivity index (χ2n) is 6.29. The third-order valence-corrected chi connectivity index (χ3v) is 2.65. The smallest absolute Gasteiger partial charge is 0.359 e. The minimum Gasteiger partial charge on any atom is -0.477 e. The molecule has 0 aliphatic rings. The topological polar surface area (TPSA) is 204 Å². The van der Waals surface area contributed by atoms with E-state index in [1.165, 1.54) is 0 Å². The number of hydrogen-bond acceptors (Lipinski definition) is 6. The van der Waals surface area contributed by atoms with Crippen molar-refractivity contribution in [1.82, 2.24) is 6.15 Å². The molecule has 0 heterocycles. The van der Waals surface area contributed by atoms with Crippen LogP contribution in [0.4, 0.5) is 0 Å². The van der Waals surface area contributed by atoms with Crippen LogP contribution in [0, 0.1) is 0 Å². The van der Waals surface area contributed by atoms with Gasteiger partial charge >= 0.3 is 23.9 Å². The van der Waals surface area contributed by atoms with Crippen molar-refractivity contribution in [2.24, 2.45) is 0 Å². The molecular formula is C13H29N3O9+2. The van der Waals surface area contributed by atoms with Crippen LogP contribution >= 0.6 is 0 Å². The summed E-state index contributed by atoms with van der Waals surface area (Å²) < 4.78 is -0.230. The summed E-state index contributed by atoms with van der Waals surface area (Å²) in [5.74, 6) is -5.86. The van der Waals surface area contributed by atoms with Crippen LogP contribution in [0.5, 0.6) is 0 Å². The number of quaternary nitrogens is 2. The van der Waals surface area contributed by atoms with Crippen molar-refractivity contribution in [3.63, 3.8) is 0 Å². The maximum absolute atomic E-state index is 10.6. The van der Waals surface area contributed by atoms with Crippen molar-refractivity contribution >= 4 is 23.9 Å². The Balaban J connectivity index is -0.000000513. The molecule has 0 saturated carbocycles. The van der Waals surface area contributed by atoms with Crippen molar-refractivity contribution in [1.29, 1.82) is 0 Å². The van der Waals surface area contributed by atoms with Crippen LogP contribution in [0.2, 0.25) is 0 Å². The first-order chi connectivity index (χ1) is 10.7. The second kappa shape index (κ2) is 12.1. The minimum atomic E-state index is -1.46. The lowest BCUT2D eigenvalue weighted by atomic mass is 10.3. The van der Waals surface area contributed by atoms with Gasteiger partial charge in [-0.15, -0.1) is 0 Å². The van der Waals surface area contributed by atoms with Crippen LogP contribution in [0.15, 0.2) is 0 Å². The Morgan fingerprint density at radius 1 is 0.680 bits per heavy atom. The van der Waals surface area contributed by atoms with Crippen LogP contribution in [0.1, 0.15) is 0 Å². The highest BCUT2D eigenvalue weighted by atomic mass is 16.4. The van der Waals surface area contributed by atoms with E-state index in [1.807, 2.05) is 0 Å². The third-order valence-electron chi connectivity index (χ3n) is 2.65. The predicted molar refractivity (Wildman–Crippen MR) is 85.3 cm³/mol. The van der Waals surface area contributed by atoms with Gasteiger partial charge in [-0.05, 0) is 0 Å². The molecule has 0 amide bonds. The van der Waals surface area contributed by atoms with Crippen molar-refractivity contribution < 1.29 is 53.7 Å². The first-order valence-corrected chi connectivity index (χ1v) is 6.86. The highest BCUT2D eigenvalue weighted by Crippen LogP contribution is 2.07. The van der Waals surface area contributed by atoms with E-state index >= 15 is 0 Å². The molecule has 148 valence electrons. The van der Waals surface area contributed by atoms with Gasteiger partial charge in [-0.2, -0.15) is 0 Å². The van der Waals surface area contributed by atoms with Crippen LogP contribution in [-0.4, -0.2) is 119 Å². The highest BCUT2D eigenvalue weighted by molar-refractivity contribution is 5.75. The van der Waals surface area contributed by atoms with Crippen LogP contribution in [-0.2, 0) is 19.2 Å². The molecular weight excluding hydrogens is 342 g/mol. The maximum atomic E-state index is 10.6. The van der Waals surface area contributed by atoms with Crippen LogP contribution in [0.3, 0.4) is 0 Å². The van der Waals surface area contributed by atoms with Gasteiger partial charge in [0.1, 0.15) is 6.54 Å². The molecule has 8 N–H and O–H groups in total. The predicted octanol–water partition coefficient (Wildman–Crippen LogP) is -2.01. The molecule has 25 heavy (non-hydrogen) atoms. The largest absolute Gasteiger partial charge is 0.477 e. The molecule has 0 aliphatic carbocycles. The summed E-state index contributed by atoms with van der Waals surface area (Å²) >= 11 is 0. The van der Waals surface area contributed by atoms with Gasteiger partial charge in [0.15, 0.2) is 26.2 Å². The number of carboxylic acid groups (broad SMARTS) is 4. The van der Waals surface area contributed by atoms with Gasteiger partial charge in [0.25, 0.3) is 0 Å². The summed E-state index contributed by atoms with van der Waals surface area (Å²) in [7, 11) is 6.16. The Kier molecular flexibility index (Phi) is 13.4. The average Bonchev–Trinajstić information content (AvgIpc) is 2.22. The van der Waals surface area contributed by atoms with Gasteiger partial charge in [-0.3, -0.25) is 4.48 Å². The zero-order chi connectivity index (χ0) is 19.6. The quantitative estimate of drug-likeness (QED) is 0.233. The van der Waals surface area contributed by atoms with Crippen molar-refractivity contribution in [3.05, 3.63) is 0 Å². The summed E-state index contributed by atoms with van der Waals surface area (Å²) in [6.07, 6.45) is 0. The van der Waals surface area contributed by atoms with Crippen molar-refractivity contribution in [2.75, 3.05) is 60.5 Å². The number of rotatable bonds is 10. The Labute approximate surface area is 145 Å². The normalized spacial score (nSPS) is 10.7. The zero-order valence-corrected chi connectivity index (χ0v) is 14.7. The first-order valence-electron chi connectivity index (χ1n) is 6.86. The number of carbonyl (C=O) groups is 4. The Hall–Kier alpha value is -2.28. The summed E-state index contributed by atoms with van der Waals surface area (Å²) in [4.78, 5) is 42.3. The number of aliphatic hydroxyl groups is 1. The van der Waals surface area contributed by atoms with E-state index in [-0.39, 0.29) is 12.8 Å². The van der Waals surface area contributed by atoms with Crippen molar-refractivity contribution in [3.8, 4) is 0 Å². The first kappa shape index (κ1) is 27.6. The molecule has 0 saturated heterocycles. The molecule has 12 heteroatoms. The van der Waals surface area contributed by atoms with Crippen molar-refractivity contribution in [2.45, 2.75) is 0 Å². The summed E-state index contributed by atoms with van der Waals surface area (Å²) in [6, 6.07) is 0. The van der Waals surface area contributed by atoms with Gasteiger partial charge in [0.2, 0.25) is 0 Å². The SMILES string of the molecule is C[N+](C)(C)CCO.N.O=C(O)C[N+](CC(=O)O)(CC(=O)O)CC(=O)O. The number of aliphatic hydroxyl groups excluding tert-OH is 1. The van der Waals surface area contributed by atoms with Crippen LogP contribution < -0.4 is 6.15 Å². The fourth-order valence-electron chi connectivity index (χ4n) is 1.78. The fraction of sp³-hybridized carbons (Fsp3) is 0.692. The second-order valence-corrected chi connectivity index (χ2v) is 6.29. The molecule has 0 atom stereocenters. The Morgan fingerprint density at radius 3 is 1.00 bits per heavy atom. The molecule has 0 aliphatic heterocycles. The lowest BCUT2D eigenvalue weighted by Crippen LogP contribution is -2.58. The average molecular weight is 371 g/mol. The van der Waals surface area contributed by atoms with Gasteiger partial charge in [-0.25, -0.2) is 19.2 Å². The van der Waals surface area contributed by atoms with Gasteiger partial charge in [-0.1, -0.05) is 0 Å². The maximum Gasteiger partial charge on any atom is 0.359 e. The van der Waals surface area contributed by atoms with Crippen LogP contribution in [0.25, 0.3) is 0 Å². The number of aliphatic carboxylic acids is 4.